The molecule has 1 aromatic carbocycles. The molecule has 2 rings (SSSR count). The monoisotopic (exact) mass is 238 g/mol. The maximum atomic E-state index is 14.0. The van der Waals surface area contributed by atoms with Crippen molar-refractivity contribution in [3.05, 3.63) is 29.6 Å². The minimum absolute atomic E-state index is 0.100. The van der Waals surface area contributed by atoms with Crippen LogP contribution in [0.15, 0.2) is 18.2 Å². The van der Waals surface area contributed by atoms with Gasteiger partial charge in [0.2, 0.25) is 0 Å². The van der Waals surface area contributed by atoms with E-state index in [-0.39, 0.29) is 11.9 Å². The van der Waals surface area contributed by atoms with Gasteiger partial charge in [0.1, 0.15) is 11.6 Å². The lowest BCUT2D eigenvalue weighted by atomic mass is 10.0. The van der Waals surface area contributed by atoms with Crippen LogP contribution >= 0.6 is 0 Å². The number of halogens is 1. The summed E-state index contributed by atoms with van der Waals surface area (Å²) in [6.07, 6.45) is 1.10. The Hall–Kier alpha value is -1.13. The molecular formula is C13H19FN2O. The normalized spacial score (nSPS) is 22.2. The first-order valence-corrected chi connectivity index (χ1v) is 5.97. The van der Waals surface area contributed by atoms with Crippen LogP contribution in [0.5, 0.6) is 5.75 Å². The number of methoxy groups -OCH3 is 1. The van der Waals surface area contributed by atoms with E-state index in [1.54, 1.807) is 7.11 Å². The average Bonchev–Trinajstić information content (AvgIpc) is 2.54. The van der Waals surface area contributed by atoms with Gasteiger partial charge in [-0.05, 0) is 32.6 Å². The fraction of sp³-hybridized carbons (Fsp3) is 0.538. The first-order chi connectivity index (χ1) is 8.22. The molecule has 0 aromatic heterocycles. The highest BCUT2D eigenvalue weighted by Gasteiger charge is 2.22. The molecule has 0 spiro atoms. The molecule has 0 radical (unpaired) electrons. The van der Waals surface area contributed by atoms with Crippen LogP contribution in [0, 0.1) is 5.82 Å². The summed E-state index contributed by atoms with van der Waals surface area (Å²) in [5.41, 5.74) is 0.739. The second-order valence-corrected chi connectivity index (χ2v) is 4.44. The van der Waals surface area contributed by atoms with Crippen molar-refractivity contribution in [3.63, 3.8) is 0 Å². The fourth-order valence-corrected chi connectivity index (χ4v) is 2.26. The van der Waals surface area contributed by atoms with Crippen LogP contribution < -0.4 is 10.1 Å². The molecule has 0 amide bonds. The Morgan fingerprint density at radius 3 is 3.00 bits per heavy atom. The zero-order chi connectivity index (χ0) is 12.3. The molecule has 1 aromatic rings. The van der Waals surface area contributed by atoms with Gasteiger partial charge >= 0.3 is 0 Å². The minimum Gasteiger partial charge on any atom is -0.497 e. The number of ether oxygens (including phenoxy) is 1. The zero-order valence-corrected chi connectivity index (χ0v) is 10.4. The Balaban J connectivity index is 2.25. The number of hydrogen-bond acceptors (Lipinski definition) is 3. The molecule has 1 fully saturated rings. The maximum Gasteiger partial charge on any atom is 0.131 e. The van der Waals surface area contributed by atoms with Crippen LogP contribution in [0.25, 0.3) is 0 Å². The zero-order valence-electron chi connectivity index (χ0n) is 10.4. The highest BCUT2D eigenvalue weighted by molar-refractivity contribution is 5.31. The summed E-state index contributed by atoms with van der Waals surface area (Å²) in [6, 6.07) is 5.19. The molecule has 94 valence electrons. The summed E-state index contributed by atoms with van der Waals surface area (Å²) in [5, 5.41) is 3.34. The number of rotatable bonds is 2. The fourth-order valence-electron chi connectivity index (χ4n) is 2.26. The Bertz CT molecular complexity index is 384. The van der Waals surface area contributed by atoms with Gasteiger partial charge in [0, 0.05) is 24.2 Å². The summed E-state index contributed by atoms with van der Waals surface area (Å²) in [6.45, 7) is 2.78. The van der Waals surface area contributed by atoms with E-state index in [4.69, 9.17) is 4.74 Å². The number of likely N-dealkylation sites (N-methyl/N-ethyl adjacent to an activating group) is 1. The molecule has 1 aliphatic rings. The van der Waals surface area contributed by atoms with Crippen molar-refractivity contribution in [2.75, 3.05) is 33.8 Å². The average molecular weight is 238 g/mol. The Morgan fingerprint density at radius 2 is 2.29 bits per heavy atom. The van der Waals surface area contributed by atoms with Crippen LogP contribution in [-0.2, 0) is 0 Å². The third kappa shape index (κ3) is 2.76. The van der Waals surface area contributed by atoms with Gasteiger partial charge in [0.15, 0.2) is 0 Å². The van der Waals surface area contributed by atoms with E-state index in [0.717, 1.165) is 31.6 Å². The van der Waals surface area contributed by atoms with Gasteiger partial charge in [-0.1, -0.05) is 6.07 Å². The molecule has 17 heavy (non-hydrogen) atoms. The van der Waals surface area contributed by atoms with Gasteiger partial charge in [-0.2, -0.15) is 0 Å². The summed E-state index contributed by atoms with van der Waals surface area (Å²) in [5.74, 6) is 0.375. The molecule has 1 unspecified atom stereocenters. The van der Waals surface area contributed by atoms with E-state index in [2.05, 4.69) is 10.2 Å². The van der Waals surface area contributed by atoms with Gasteiger partial charge in [-0.3, -0.25) is 4.90 Å². The summed E-state index contributed by atoms with van der Waals surface area (Å²) in [7, 11) is 3.59. The molecule has 1 aliphatic heterocycles. The molecule has 1 N–H and O–H groups in total. The summed E-state index contributed by atoms with van der Waals surface area (Å²) < 4.78 is 19.0. The smallest absolute Gasteiger partial charge is 0.131 e. The first-order valence-electron chi connectivity index (χ1n) is 5.97. The van der Waals surface area contributed by atoms with E-state index in [9.17, 15) is 4.39 Å². The van der Waals surface area contributed by atoms with Gasteiger partial charge in [-0.15, -0.1) is 0 Å². The largest absolute Gasteiger partial charge is 0.497 e. The van der Waals surface area contributed by atoms with Crippen molar-refractivity contribution in [1.29, 1.82) is 0 Å². The van der Waals surface area contributed by atoms with Crippen LogP contribution in [0.2, 0.25) is 0 Å². The predicted octanol–water partition coefficient (Wildman–Crippen LogP) is 1.80. The molecule has 0 aliphatic carbocycles. The van der Waals surface area contributed by atoms with Crippen LogP contribution in [0.1, 0.15) is 18.0 Å². The lowest BCUT2D eigenvalue weighted by molar-refractivity contribution is 0.255. The molecule has 1 saturated heterocycles. The van der Waals surface area contributed by atoms with Gasteiger partial charge in [0.05, 0.1) is 7.11 Å². The van der Waals surface area contributed by atoms with Crippen molar-refractivity contribution in [3.8, 4) is 5.75 Å². The van der Waals surface area contributed by atoms with Crippen molar-refractivity contribution in [1.82, 2.24) is 10.2 Å². The van der Waals surface area contributed by atoms with Crippen molar-refractivity contribution in [2.45, 2.75) is 12.5 Å². The third-order valence-corrected chi connectivity index (χ3v) is 3.30. The predicted molar refractivity (Wildman–Crippen MR) is 65.8 cm³/mol. The minimum atomic E-state index is -0.190. The number of benzene rings is 1. The Morgan fingerprint density at radius 1 is 1.47 bits per heavy atom. The Kier molecular flexibility index (Phi) is 3.97. The molecule has 1 atom stereocenters. The van der Waals surface area contributed by atoms with Crippen LogP contribution in [-0.4, -0.2) is 38.7 Å². The van der Waals surface area contributed by atoms with E-state index in [0.29, 0.717) is 5.75 Å². The Labute approximate surface area is 102 Å². The molecule has 3 nitrogen and oxygen atoms in total. The number of nitrogens with one attached hydrogen (secondary N) is 1. The topological polar surface area (TPSA) is 24.5 Å². The molecule has 0 bridgehead atoms. The first kappa shape index (κ1) is 12.3. The molecule has 1 heterocycles. The molecule has 4 heteroatoms. The van der Waals surface area contributed by atoms with Gasteiger partial charge in [0.25, 0.3) is 0 Å². The number of hydrogen-bond donors (Lipinski definition) is 1. The van der Waals surface area contributed by atoms with Gasteiger partial charge < -0.3 is 10.1 Å². The van der Waals surface area contributed by atoms with E-state index in [1.807, 2.05) is 19.2 Å². The lowest BCUT2D eigenvalue weighted by Crippen LogP contribution is -2.30. The second-order valence-electron chi connectivity index (χ2n) is 4.44. The van der Waals surface area contributed by atoms with Gasteiger partial charge in [-0.25, -0.2) is 4.39 Å². The molecular weight excluding hydrogens is 219 g/mol. The maximum absolute atomic E-state index is 14.0. The van der Waals surface area contributed by atoms with Crippen LogP contribution in [0.4, 0.5) is 4.39 Å². The van der Waals surface area contributed by atoms with Crippen molar-refractivity contribution < 1.29 is 9.13 Å². The summed E-state index contributed by atoms with van der Waals surface area (Å²) >= 11 is 0. The van der Waals surface area contributed by atoms with E-state index >= 15 is 0 Å². The van der Waals surface area contributed by atoms with Crippen molar-refractivity contribution in [2.24, 2.45) is 0 Å². The third-order valence-electron chi connectivity index (χ3n) is 3.30. The van der Waals surface area contributed by atoms with Crippen molar-refractivity contribution >= 4 is 0 Å². The van der Waals surface area contributed by atoms with E-state index in [1.165, 1.54) is 6.07 Å². The summed E-state index contributed by atoms with van der Waals surface area (Å²) in [4.78, 5) is 2.20. The van der Waals surface area contributed by atoms with E-state index < -0.39 is 0 Å². The second kappa shape index (κ2) is 5.47. The highest BCUT2D eigenvalue weighted by Crippen LogP contribution is 2.26. The SMILES string of the molecule is COc1ccc(C2CNCCCN2C)c(F)c1. The number of nitrogens with zero attached hydrogens (tertiary/aromatic N) is 1. The van der Waals surface area contributed by atoms with Crippen LogP contribution in [0.3, 0.4) is 0 Å². The molecule has 0 saturated carbocycles. The highest BCUT2D eigenvalue weighted by atomic mass is 19.1. The quantitative estimate of drug-likeness (QED) is 0.850. The lowest BCUT2D eigenvalue weighted by Gasteiger charge is -2.26. The standard InChI is InChI=1S/C13H19FN2O/c1-16-7-3-6-15-9-13(16)11-5-4-10(17-2)8-12(11)14/h4-5,8,13,15H,3,6-7,9H2,1-2H3.